The predicted molar refractivity (Wildman–Crippen MR) is 116 cm³/mol. The van der Waals surface area contributed by atoms with Gasteiger partial charge < -0.3 is 14.2 Å². The summed E-state index contributed by atoms with van der Waals surface area (Å²) >= 11 is 6.44. The number of carbonyl (C=O) groups excluding carboxylic acids is 1. The first-order valence-electron chi connectivity index (χ1n) is 9.25. The third-order valence-corrected chi connectivity index (χ3v) is 5.65. The molecule has 4 rings (SSSR count). The van der Waals surface area contributed by atoms with Crippen LogP contribution in [0.15, 0.2) is 46.9 Å². The van der Waals surface area contributed by atoms with E-state index in [0.29, 0.717) is 18.8 Å². The molecule has 1 amide bonds. The Morgan fingerprint density at radius 1 is 1.18 bits per heavy atom. The van der Waals surface area contributed by atoms with Gasteiger partial charge >= 0.3 is 0 Å². The Hall–Kier alpha value is -2.01. The first-order chi connectivity index (χ1) is 13.0. The molecule has 0 saturated carbocycles. The number of likely N-dealkylation sites (N-methyl/N-ethyl adjacent to an activating group) is 2. The van der Waals surface area contributed by atoms with Crippen LogP contribution in [0.3, 0.4) is 0 Å². The lowest BCUT2D eigenvalue weighted by atomic mass is 10.0. The Bertz CT molecular complexity index is 985. The molecule has 0 N–H and O–H groups in total. The second-order valence-corrected chi connectivity index (χ2v) is 7.67. The molecule has 3 aromatic rings. The maximum absolute atomic E-state index is 13.1. The summed E-state index contributed by atoms with van der Waals surface area (Å²) in [5, 5.41) is 1.77. The molecular formula is C22H24Cl2N2O2. The number of halogens is 2. The lowest BCUT2D eigenvalue weighted by Gasteiger charge is -2.18. The minimum absolute atomic E-state index is 0. The van der Waals surface area contributed by atoms with Crippen LogP contribution in [-0.2, 0) is 19.4 Å². The van der Waals surface area contributed by atoms with E-state index in [0.717, 1.165) is 46.5 Å². The van der Waals surface area contributed by atoms with Crippen molar-refractivity contribution in [2.45, 2.75) is 19.4 Å². The van der Waals surface area contributed by atoms with Crippen LogP contribution in [0.25, 0.3) is 11.0 Å². The molecule has 0 spiro atoms. The summed E-state index contributed by atoms with van der Waals surface area (Å²) in [6, 6.07) is 13.9. The van der Waals surface area contributed by atoms with Gasteiger partial charge in [0.25, 0.3) is 5.91 Å². The SMILES string of the molecule is CN1CCc2c(Cl)ccc3oc(C(=O)N(C)CCc4ccccc4)c(c23)C1.Cl. The molecule has 6 heteroatoms. The summed E-state index contributed by atoms with van der Waals surface area (Å²) in [7, 11) is 3.89. The Kier molecular flexibility index (Phi) is 6.33. The van der Waals surface area contributed by atoms with E-state index in [1.54, 1.807) is 4.90 Å². The van der Waals surface area contributed by atoms with Crippen molar-refractivity contribution in [2.24, 2.45) is 0 Å². The van der Waals surface area contributed by atoms with Gasteiger partial charge in [-0.3, -0.25) is 4.79 Å². The van der Waals surface area contributed by atoms with Crippen molar-refractivity contribution in [3.63, 3.8) is 0 Å². The molecule has 2 aromatic carbocycles. The van der Waals surface area contributed by atoms with Crippen LogP contribution in [0.2, 0.25) is 5.02 Å². The van der Waals surface area contributed by atoms with E-state index < -0.39 is 0 Å². The molecule has 0 atom stereocenters. The zero-order chi connectivity index (χ0) is 19.0. The molecule has 1 aromatic heterocycles. The zero-order valence-corrected chi connectivity index (χ0v) is 17.6. The second-order valence-electron chi connectivity index (χ2n) is 7.26. The molecule has 148 valence electrons. The highest BCUT2D eigenvalue weighted by molar-refractivity contribution is 6.32. The first-order valence-corrected chi connectivity index (χ1v) is 9.63. The van der Waals surface area contributed by atoms with Crippen molar-refractivity contribution in [3.8, 4) is 0 Å². The summed E-state index contributed by atoms with van der Waals surface area (Å²) < 4.78 is 6.03. The number of nitrogens with zero attached hydrogens (tertiary/aromatic N) is 2. The molecule has 1 aliphatic rings. The van der Waals surface area contributed by atoms with Crippen molar-refractivity contribution in [1.29, 1.82) is 0 Å². The van der Waals surface area contributed by atoms with Crippen LogP contribution in [-0.4, -0.2) is 42.9 Å². The highest BCUT2D eigenvalue weighted by atomic mass is 35.5. The van der Waals surface area contributed by atoms with Gasteiger partial charge in [0.05, 0.1) is 0 Å². The van der Waals surface area contributed by atoms with Crippen LogP contribution >= 0.6 is 24.0 Å². The van der Waals surface area contributed by atoms with E-state index in [2.05, 4.69) is 24.1 Å². The second kappa shape index (κ2) is 8.56. The molecule has 2 heterocycles. The van der Waals surface area contributed by atoms with Gasteiger partial charge in [-0.1, -0.05) is 41.9 Å². The number of amides is 1. The van der Waals surface area contributed by atoms with Crippen LogP contribution in [0.5, 0.6) is 0 Å². The molecule has 0 radical (unpaired) electrons. The summed E-state index contributed by atoms with van der Waals surface area (Å²) in [6.45, 7) is 2.24. The minimum Gasteiger partial charge on any atom is -0.451 e. The monoisotopic (exact) mass is 418 g/mol. The predicted octanol–water partition coefficient (Wildman–Crippen LogP) is 4.81. The van der Waals surface area contributed by atoms with Gasteiger partial charge in [-0.25, -0.2) is 0 Å². The highest BCUT2D eigenvalue weighted by Crippen LogP contribution is 2.36. The van der Waals surface area contributed by atoms with Crippen molar-refractivity contribution >= 4 is 40.9 Å². The van der Waals surface area contributed by atoms with Crippen molar-refractivity contribution in [3.05, 3.63) is 69.9 Å². The van der Waals surface area contributed by atoms with Gasteiger partial charge in [0.1, 0.15) is 5.58 Å². The number of carbonyl (C=O) groups is 1. The Morgan fingerprint density at radius 3 is 2.68 bits per heavy atom. The van der Waals surface area contributed by atoms with Crippen LogP contribution in [0.1, 0.15) is 27.2 Å². The van der Waals surface area contributed by atoms with Gasteiger partial charge in [-0.2, -0.15) is 0 Å². The number of hydrogen-bond acceptors (Lipinski definition) is 3. The van der Waals surface area contributed by atoms with Gasteiger partial charge in [0, 0.05) is 42.7 Å². The van der Waals surface area contributed by atoms with E-state index in [1.807, 2.05) is 37.4 Å². The molecule has 0 aliphatic carbocycles. The van der Waals surface area contributed by atoms with Crippen molar-refractivity contribution in [1.82, 2.24) is 9.80 Å². The molecule has 0 unspecified atom stereocenters. The van der Waals surface area contributed by atoms with E-state index in [4.69, 9.17) is 16.0 Å². The largest absolute Gasteiger partial charge is 0.451 e. The van der Waals surface area contributed by atoms with Gasteiger partial charge in [-0.05, 0) is 43.1 Å². The Labute approximate surface area is 176 Å². The molecule has 4 nitrogen and oxygen atoms in total. The van der Waals surface area contributed by atoms with Gasteiger partial charge in [0.2, 0.25) is 0 Å². The van der Waals surface area contributed by atoms with E-state index >= 15 is 0 Å². The van der Waals surface area contributed by atoms with E-state index in [1.165, 1.54) is 5.56 Å². The van der Waals surface area contributed by atoms with E-state index in [-0.39, 0.29) is 18.3 Å². The topological polar surface area (TPSA) is 36.7 Å². The maximum atomic E-state index is 13.1. The standard InChI is InChI=1S/C22H23ClN2O2.ClH/c1-24-12-11-16-18(23)8-9-19-20(16)17(14-24)21(27-19)22(26)25(2)13-10-15-6-4-3-5-7-15;/h3-9H,10-14H2,1-2H3;1H. The summed E-state index contributed by atoms with van der Waals surface area (Å²) in [4.78, 5) is 17.1. The van der Waals surface area contributed by atoms with Crippen molar-refractivity contribution < 1.29 is 9.21 Å². The van der Waals surface area contributed by atoms with Crippen LogP contribution < -0.4 is 0 Å². The van der Waals surface area contributed by atoms with Crippen LogP contribution in [0, 0.1) is 0 Å². The smallest absolute Gasteiger partial charge is 0.289 e. The average molecular weight is 419 g/mol. The Balaban J connectivity index is 0.00000225. The quantitative estimate of drug-likeness (QED) is 0.609. The van der Waals surface area contributed by atoms with Gasteiger partial charge in [-0.15, -0.1) is 12.4 Å². The Morgan fingerprint density at radius 2 is 1.93 bits per heavy atom. The number of hydrogen-bond donors (Lipinski definition) is 0. The molecule has 1 aliphatic heterocycles. The number of rotatable bonds is 4. The first kappa shape index (κ1) is 20.7. The number of furan rings is 1. The summed E-state index contributed by atoms with van der Waals surface area (Å²) in [5.41, 5.74) is 4.01. The molecule has 0 saturated heterocycles. The fraction of sp³-hybridized carbons (Fsp3) is 0.318. The van der Waals surface area contributed by atoms with Gasteiger partial charge in [0.15, 0.2) is 5.76 Å². The third-order valence-electron chi connectivity index (χ3n) is 5.30. The third kappa shape index (κ3) is 3.90. The highest BCUT2D eigenvalue weighted by Gasteiger charge is 2.28. The molecular weight excluding hydrogens is 395 g/mol. The fourth-order valence-electron chi connectivity index (χ4n) is 3.74. The molecule has 28 heavy (non-hydrogen) atoms. The molecule has 0 bridgehead atoms. The lowest BCUT2D eigenvalue weighted by Crippen LogP contribution is -2.30. The van der Waals surface area contributed by atoms with Crippen molar-refractivity contribution in [2.75, 3.05) is 27.2 Å². The summed E-state index contributed by atoms with van der Waals surface area (Å²) in [6.07, 6.45) is 1.67. The van der Waals surface area contributed by atoms with E-state index in [9.17, 15) is 4.79 Å². The maximum Gasteiger partial charge on any atom is 0.289 e. The fourth-order valence-corrected chi connectivity index (χ4v) is 3.99. The zero-order valence-electron chi connectivity index (χ0n) is 16.1. The van der Waals surface area contributed by atoms with Crippen LogP contribution in [0.4, 0.5) is 0 Å². The number of benzene rings is 2. The lowest BCUT2D eigenvalue weighted by molar-refractivity contribution is 0.0765. The normalized spacial score (nSPS) is 13.8. The summed E-state index contributed by atoms with van der Waals surface area (Å²) in [5.74, 6) is 0.368. The minimum atomic E-state index is -0.0745. The molecule has 0 fully saturated rings. The average Bonchev–Trinajstić information content (AvgIpc) is 2.93.